The summed E-state index contributed by atoms with van der Waals surface area (Å²) in [5.74, 6) is -0.406. The van der Waals surface area contributed by atoms with Gasteiger partial charge in [0.05, 0.1) is 24.7 Å². The first-order chi connectivity index (χ1) is 11.0. The fraction of sp³-hybridized carbons (Fsp3) is 0.438. The van der Waals surface area contributed by atoms with Crippen molar-refractivity contribution in [1.29, 1.82) is 0 Å². The van der Waals surface area contributed by atoms with Gasteiger partial charge in [0.15, 0.2) is 0 Å². The largest absolute Gasteiger partial charge is 0.463 e. The molecule has 1 aromatic carbocycles. The molecule has 0 aromatic heterocycles. The minimum Gasteiger partial charge on any atom is -0.463 e. The number of carbonyl (C=O) groups is 1. The maximum absolute atomic E-state index is 12.5. The van der Waals surface area contributed by atoms with Gasteiger partial charge in [-0.15, -0.1) is 0 Å². The molecule has 0 aliphatic carbocycles. The molecule has 0 N–H and O–H groups in total. The highest BCUT2D eigenvalue weighted by Crippen LogP contribution is 2.18. The Balaban J connectivity index is 2.04. The number of carbonyl (C=O) groups excluding carboxylic acids is 1. The highest BCUT2D eigenvalue weighted by molar-refractivity contribution is 7.89. The van der Waals surface area contributed by atoms with Crippen LogP contribution in [-0.4, -0.2) is 51.6 Å². The van der Waals surface area contributed by atoms with Crippen molar-refractivity contribution >= 4 is 22.1 Å². The van der Waals surface area contributed by atoms with Crippen molar-refractivity contribution in [2.45, 2.75) is 18.2 Å². The van der Waals surface area contributed by atoms with Gasteiger partial charge in [0.2, 0.25) is 10.0 Å². The van der Waals surface area contributed by atoms with Crippen LogP contribution in [0.5, 0.6) is 0 Å². The fourth-order valence-corrected chi connectivity index (χ4v) is 3.51. The van der Waals surface area contributed by atoms with E-state index in [9.17, 15) is 13.2 Å². The zero-order valence-corrected chi connectivity index (χ0v) is 13.9. The van der Waals surface area contributed by atoms with E-state index in [2.05, 4.69) is 0 Å². The molecular weight excluding hydrogens is 318 g/mol. The lowest BCUT2D eigenvalue weighted by molar-refractivity contribution is -0.137. The zero-order chi connectivity index (χ0) is 16.7. The summed E-state index contributed by atoms with van der Waals surface area (Å²) in [5.41, 5.74) is 0.736. The highest BCUT2D eigenvalue weighted by atomic mass is 32.2. The van der Waals surface area contributed by atoms with Gasteiger partial charge in [0.25, 0.3) is 0 Å². The van der Waals surface area contributed by atoms with Gasteiger partial charge in [-0.05, 0) is 30.2 Å². The van der Waals surface area contributed by atoms with E-state index in [0.717, 1.165) is 12.0 Å². The Hall–Kier alpha value is -1.70. The molecule has 7 heteroatoms. The smallest absolute Gasteiger partial charge is 0.330 e. The number of ether oxygens (including phenoxy) is 2. The molecule has 1 aliphatic heterocycles. The van der Waals surface area contributed by atoms with Crippen molar-refractivity contribution in [2.75, 3.05) is 32.9 Å². The number of sulfonamides is 1. The average Bonchev–Trinajstić information content (AvgIpc) is 2.59. The number of benzene rings is 1. The predicted molar refractivity (Wildman–Crippen MR) is 86.3 cm³/mol. The van der Waals surface area contributed by atoms with Crippen LogP contribution in [0.15, 0.2) is 35.2 Å². The van der Waals surface area contributed by atoms with Crippen molar-refractivity contribution in [1.82, 2.24) is 4.31 Å². The molecule has 6 nitrogen and oxygen atoms in total. The third kappa shape index (κ3) is 4.89. The third-order valence-electron chi connectivity index (χ3n) is 3.35. The standard InChI is InChI=1S/C16H21NO5S/c1-2-11-22-16(18)8-5-14-3-6-15(7-4-14)23(19,20)17-9-12-21-13-10-17/h3-8H,2,9-13H2,1H3. The minimum absolute atomic E-state index is 0.241. The minimum atomic E-state index is -3.48. The van der Waals surface area contributed by atoms with E-state index in [4.69, 9.17) is 9.47 Å². The lowest BCUT2D eigenvalue weighted by Crippen LogP contribution is -2.40. The average molecular weight is 339 g/mol. The summed E-state index contributed by atoms with van der Waals surface area (Å²) >= 11 is 0. The lowest BCUT2D eigenvalue weighted by Gasteiger charge is -2.26. The summed E-state index contributed by atoms with van der Waals surface area (Å²) in [4.78, 5) is 11.6. The number of esters is 1. The Bertz CT molecular complexity index is 646. The summed E-state index contributed by atoms with van der Waals surface area (Å²) in [6, 6.07) is 6.41. The van der Waals surface area contributed by atoms with Gasteiger partial charge in [-0.25, -0.2) is 13.2 Å². The van der Waals surface area contributed by atoms with Gasteiger partial charge < -0.3 is 9.47 Å². The fourth-order valence-electron chi connectivity index (χ4n) is 2.10. The molecule has 0 atom stereocenters. The molecule has 0 radical (unpaired) electrons. The van der Waals surface area contributed by atoms with E-state index >= 15 is 0 Å². The van der Waals surface area contributed by atoms with Crippen LogP contribution in [0.3, 0.4) is 0 Å². The van der Waals surface area contributed by atoms with Gasteiger partial charge >= 0.3 is 5.97 Å². The van der Waals surface area contributed by atoms with Crippen molar-refractivity contribution in [3.05, 3.63) is 35.9 Å². The number of nitrogens with zero attached hydrogens (tertiary/aromatic N) is 1. The first kappa shape index (κ1) is 17.7. The molecule has 1 saturated heterocycles. The molecule has 1 aliphatic rings. The van der Waals surface area contributed by atoms with Gasteiger partial charge in [0, 0.05) is 19.2 Å². The lowest BCUT2D eigenvalue weighted by atomic mass is 10.2. The van der Waals surface area contributed by atoms with Crippen molar-refractivity contribution < 1.29 is 22.7 Å². The van der Waals surface area contributed by atoms with Crippen LogP contribution in [0.25, 0.3) is 6.08 Å². The molecule has 0 spiro atoms. The number of morpholine rings is 1. The first-order valence-electron chi connectivity index (χ1n) is 7.57. The number of hydrogen-bond donors (Lipinski definition) is 0. The van der Waals surface area contributed by atoms with Gasteiger partial charge in [-0.3, -0.25) is 0 Å². The second-order valence-electron chi connectivity index (χ2n) is 5.09. The Labute approximate surface area is 136 Å². The number of hydrogen-bond acceptors (Lipinski definition) is 5. The van der Waals surface area contributed by atoms with E-state index in [1.165, 1.54) is 10.4 Å². The summed E-state index contributed by atoms with van der Waals surface area (Å²) in [6.07, 6.45) is 3.71. The van der Waals surface area contributed by atoms with E-state index in [1.807, 2.05) is 6.92 Å². The van der Waals surface area contributed by atoms with E-state index in [1.54, 1.807) is 30.3 Å². The predicted octanol–water partition coefficient (Wildman–Crippen LogP) is 1.67. The zero-order valence-electron chi connectivity index (χ0n) is 13.1. The molecule has 23 heavy (non-hydrogen) atoms. The van der Waals surface area contributed by atoms with Crippen LogP contribution < -0.4 is 0 Å². The highest BCUT2D eigenvalue weighted by Gasteiger charge is 2.25. The van der Waals surface area contributed by atoms with Gasteiger partial charge in [-0.1, -0.05) is 19.1 Å². The maximum Gasteiger partial charge on any atom is 0.330 e. The summed E-state index contributed by atoms with van der Waals surface area (Å²) in [6.45, 7) is 3.88. The normalized spacial score (nSPS) is 16.6. The number of rotatable bonds is 6. The first-order valence-corrected chi connectivity index (χ1v) is 9.01. The van der Waals surface area contributed by atoms with Gasteiger partial charge in [0.1, 0.15) is 0 Å². The molecule has 0 unspecified atom stereocenters. The van der Waals surface area contributed by atoms with Crippen molar-refractivity contribution in [3.63, 3.8) is 0 Å². The molecular formula is C16H21NO5S. The van der Waals surface area contributed by atoms with Crippen LogP contribution in [0.4, 0.5) is 0 Å². The summed E-state index contributed by atoms with van der Waals surface area (Å²) in [7, 11) is -3.48. The Morgan fingerprint density at radius 3 is 2.52 bits per heavy atom. The third-order valence-corrected chi connectivity index (χ3v) is 5.26. The molecule has 0 bridgehead atoms. The Morgan fingerprint density at radius 2 is 1.91 bits per heavy atom. The van der Waals surface area contributed by atoms with Crippen molar-refractivity contribution in [2.24, 2.45) is 0 Å². The molecule has 1 aromatic rings. The molecule has 126 valence electrons. The SMILES string of the molecule is CCCOC(=O)C=Cc1ccc(S(=O)(=O)N2CCOCC2)cc1. The topological polar surface area (TPSA) is 72.9 Å². The molecule has 0 saturated carbocycles. The Morgan fingerprint density at radius 1 is 1.26 bits per heavy atom. The van der Waals surface area contributed by atoms with Crippen LogP contribution in [0.2, 0.25) is 0 Å². The van der Waals surface area contributed by atoms with Gasteiger partial charge in [-0.2, -0.15) is 4.31 Å². The van der Waals surface area contributed by atoms with Crippen molar-refractivity contribution in [3.8, 4) is 0 Å². The molecule has 1 fully saturated rings. The second kappa shape index (κ2) is 8.24. The van der Waals surface area contributed by atoms with E-state index in [-0.39, 0.29) is 4.90 Å². The summed E-state index contributed by atoms with van der Waals surface area (Å²) in [5, 5.41) is 0. The molecule has 2 rings (SSSR count). The molecule has 1 heterocycles. The monoisotopic (exact) mass is 339 g/mol. The van der Waals surface area contributed by atoms with E-state index < -0.39 is 16.0 Å². The Kier molecular flexibility index (Phi) is 6.32. The van der Waals surface area contributed by atoms with E-state index in [0.29, 0.717) is 32.9 Å². The van der Waals surface area contributed by atoms with Crippen LogP contribution in [0.1, 0.15) is 18.9 Å². The van der Waals surface area contributed by atoms with Crippen LogP contribution in [-0.2, 0) is 24.3 Å². The maximum atomic E-state index is 12.5. The molecule has 0 amide bonds. The van der Waals surface area contributed by atoms with Crippen LogP contribution >= 0.6 is 0 Å². The van der Waals surface area contributed by atoms with Crippen LogP contribution in [0, 0.1) is 0 Å². The quantitative estimate of drug-likeness (QED) is 0.582. The second-order valence-corrected chi connectivity index (χ2v) is 7.02. The summed E-state index contributed by atoms with van der Waals surface area (Å²) < 4.78 is 36.4.